The van der Waals surface area contributed by atoms with E-state index in [1.807, 2.05) is 0 Å². The Balaban J connectivity index is 2.28. The number of rotatable bonds is 19. The summed E-state index contributed by atoms with van der Waals surface area (Å²) in [7, 11) is 0. The summed E-state index contributed by atoms with van der Waals surface area (Å²) in [6.45, 7) is 9.13. The Morgan fingerprint density at radius 3 is 1.45 bits per heavy atom. The number of carbonyl (C=O) groups is 2. The van der Waals surface area contributed by atoms with Crippen molar-refractivity contribution in [2.75, 3.05) is 0 Å². The van der Waals surface area contributed by atoms with Crippen LogP contribution < -0.4 is 0 Å². The minimum absolute atomic E-state index is 0.0397. The van der Waals surface area contributed by atoms with Crippen molar-refractivity contribution in [2.45, 2.75) is 149 Å². The molecule has 0 aromatic carbocycles. The van der Waals surface area contributed by atoms with Gasteiger partial charge in [-0.15, -0.1) is 0 Å². The lowest BCUT2D eigenvalue weighted by Gasteiger charge is -2.27. The molecule has 0 amide bonds. The van der Waals surface area contributed by atoms with Gasteiger partial charge >= 0.3 is 11.9 Å². The average Bonchev–Trinajstić information content (AvgIpc) is 2.77. The van der Waals surface area contributed by atoms with Gasteiger partial charge in [0.1, 0.15) is 6.10 Å². The molecule has 1 aliphatic carbocycles. The van der Waals surface area contributed by atoms with Crippen molar-refractivity contribution in [1.82, 2.24) is 0 Å². The van der Waals surface area contributed by atoms with Crippen molar-refractivity contribution >= 4 is 11.9 Å². The average molecular weight is 467 g/mol. The number of ether oxygens (including phenoxy) is 1. The van der Waals surface area contributed by atoms with Gasteiger partial charge in [0, 0.05) is 0 Å². The van der Waals surface area contributed by atoms with Crippen LogP contribution in [0.4, 0.5) is 0 Å². The van der Waals surface area contributed by atoms with E-state index < -0.39 is 5.97 Å². The van der Waals surface area contributed by atoms with Gasteiger partial charge in [0.15, 0.2) is 0 Å². The molecular formula is C29H54O4. The molecule has 194 valence electrons. The van der Waals surface area contributed by atoms with Crippen LogP contribution in [0.25, 0.3) is 0 Å². The summed E-state index contributed by atoms with van der Waals surface area (Å²) in [6.07, 6.45) is 19.9. The van der Waals surface area contributed by atoms with Gasteiger partial charge in [-0.05, 0) is 63.2 Å². The lowest BCUT2D eigenvalue weighted by molar-refractivity contribution is -0.158. The number of hydrogen-bond donors (Lipinski definition) is 1. The van der Waals surface area contributed by atoms with Crippen LogP contribution in [0.15, 0.2) is 0 Å². The molecule has 0 aromatic rings. The maximum Gasteiger partial charge on any atom is 0.309 e. The fraction of sp³-hybridized carbons (Fsp3) is 0.931. The van der Waals surface area contributed by atoms with Gasteiger partial charge < -0.3 is 9.84 Å². The minimum Gasteiger partial charge on any atom is -0.481 e. The second-order valence-electron chi connectivity index (χ2n) is 11.4. The molecule has 1 rings (SSSR count). The van der Waals surface area contributed by atoms with E-state index in [9.17, 15) is 14.7 Å². The normalized spacial score (nSPS) is 19.7. The smallest absolute Gasteiger partial charge is 0.309 e. The molecule has 1 saturated carbocycles. The molecule has 0 saturated heterocycles. The lowest BCUT2D eigenvalue weighted by Crippen LogP contribution is -2.29. The van der Waals surface area contributed by atoms with Crippen molar-refractivity contribution < 1.29 is 19.4 Å². The molecule has 4 heteroatoms. The van der Waals surface area contributed by atoms with Crippen LogP contribution in [0.3, 0.4) is 0 Å². The Morgan fingerprint density at radius 2 is 1.00 bits per heavy atom. The Labute approximate surface area is 204 Å². The molecule has 1 fully saturated rings. The van der Waals surface area contributed by atoms with Crippen molar-refractivity contribution in [3.63, 3.8) is 0 Å². The number of esters is 1. The van der Waals surface area contributed by atoms with Crippen LogP contribution in [-0.2, 0) is 14.3 Å². The van der Waals surface area contributed by atoms with Gasteiger partial charge in [-0.2, -0.15) is 0 Å². The van der Waals surface area contributed by atoms with Crippen molar-refractivity contribution in [1.29, 1.82) is 0 Å². The quantitative estimate of drug-likeness (QED) is 0.153. The second-order valence-corrected chi connectivity index (χ2v) is 11.4. The van der Waals surface area contributed by atoms with Gasteiger partial charge in [0.25, 0.3) is 0 Å². The number of hydrogen-bond acceptors (Lipinski definition) is 3. The van der Waals surface area contributed by atoms with Crippen LogP contribution in [0, 0.1) is 23.7 Å². The summed E-state index contributed by atoms with van der Waals surface area (Å²) >= 11 is 0. The largest absolute Gasteiger partial charge is 0.481 e. The standard InChI is InChI=1S/C29H54O4/c1-23(2)15-11-9-7-5-6-8-10-12-17-27(18-14-13-16-24(3)4)33-29(32)26-21-19-25(20-22-26)28(30)31/h23-27H,5-22H2,1-4H3,(H,30,31). The third-order valence-corrected chi connectivity index (χ3v) is 7.31. The molecule has 0 bridgehead atoms. The molecule has 1 N–H and O–H groups in total. The van der Waals surface area contributed by atoms with Crippen LogP contribution in [0.2, 0.25) is 0 Å². The Kier molecular flexibility index (Phi) is 16.6. The highest BCUT2D eigenvalue weighted by Gasteiger charge is 2.31. The molecule has 0 heterocycles. The van der Waals surface area contributed by atoms with E-state index in [-0.39, 0.29) is 23.9 Å². The predicted octanol–water partition coefficient (Wildman–Crippen LogP) is 8.56. The van der Waals surface area contributed by atoms with E-state index in [1.54, 1.807) is 0 Å². The fourth-order valence-corrected chi connectivity index (χ4v) is 5.01. The first-order chi connectivity index (χ1) is 15.8. The highest BCUT2D eigenvalue weighted by atomic mass is 16.5. The van der Waals surface area contributed by atoms with Crippen molar-refractivity contribution in [2.24, 2.45) is 23.7 Å². The predicted molar refractivity (Wildman–Crippen MR) is 137 cm³/mol. The number of unbranched alkanes of at least 4 members (excludes halogenated alkanes) is 8. The Bertz CT molecular complexity index is 506. The van der Waals surface area contributed by atoms with Crippen LogP contribution >= 0.6 is 0 Å². The number of carboxylic acids is 1. The highest BCUT2D eigenvalue weighted by molar-refractivity contribution is 5.74. The van der Waals surface area contributed by atoms with E-state index in [1.165, 1.54) is 64.2 Å². The summed E-state index contributed by atoms with van der Waals surface area (Å²) in [6, 6.07) is 0. The van der Waals surface area contributed by atoms with E-state index in [4.69, 9.17) is 4.74 Å². The van der Waals surface area contributed by atoms with Crippen molar-refractivity contribution in [3.8, 4) is 0 Å². The molecule has 1 unspecified atom stereocenters. The zero-order chi connectivity index (χ0) is 24.5. The SMILES string of the molecule is CC(C)CCCCCCCCCCC(CCCCC(C)C)OC(=O)C1CCC(C(=O)O)CC1. The third kappa shape index (κ3) is 15.5. The number of aliphatic carboxylic acids is 1. The molecular weight excluding hydrogens is 412 g/mol. The first kappa shape index (κ1) is 30.0. The van der Waals surface area contributed by atoms with Gasteiger partial charge in [0.05, 0.1) is 11.8 Å². The molecule has 0 radical (unpaired) electrons. The molecule has 0 spiro atoms. The summed E-state index contributed by atoms with van der Waals surface area (Å²) in [5.41, 5.74) is 0. The molecule has 1 atom stereocenters. The van der Waals surface area contributed by atoms with Gasteiger partial charge in [-0.25, -0.2) is 0 Å². The fourth-order valence-electron chi connectivity index (χ4n) is 5.01. The monoisotopic (exact) mass is 466 g/mol. The van der Waals surface area contributed by atoms with E-state index in [0.29, 0.717) is 25.7 Å². The summed E-state index contributed by atoms with van der Waals surface area (Å²) in [5.74, 6) is 0.373. The molecule has 0 aliphatic heterocycles. The van der Waals surface area contributed by atoms with E-state index in [0.717, 1.165) is 37.5 Å². The lowest BCUT2D eigenvalue weighted by atomic mass is 9.82. The Morgan fingerprint density at radius 1 is 0.636 bits per heavy atom. The van der Waals surface area contributed by atoms with Crippen LogP contribution in [0.1, 0.15) is 143 Å². The van der Waals surface area contributed by atoms with Gasteiger partial charge in [-0.3, -0.25) is 9.59 Å². The highest BCUT2D eigenvalue weighted by Crippen LogP contribution is 2.30. The molecule has 33 heavy (non-hydrogen) atoms. The summed E-state index contributed by atoms with van der Waals surface area (Å²) in [4.78, 5) is 23.9. The summed E-state index contributed by atoms with van der Waals surface area (Å²) < 4.78 is 6.00. The molecule has 4 nitrogen and oxygen atoms in total. The zero-order valence-corrected chi connectivity index (χ0v) is 22.3. The first-order valence-electron chi connectivity index (χ1n) is 14.2. The third-order valence-electron chi connectivity index (χ3n) is 7.31. The maximum absolute atomic E-state index is 12.8. The first-order valence-corrected chi connectivity index (χ1v) is 14.2. The molecule has 0 aromatic heterocycles. The van der Waals surface area contributed by atoms with Gasteiger partial charge in [0.2, 0.25) is 0 Å². The van der Waals surface area contributed by atoms with E-state index in [2.05, 4.69) is 27.7 Å². The maximum atomic E-state index is 12.8. The number of carboxylic acid groups (broad SMARTS) is 1. The van der Waals surface area contributed by atoms with Gasteiger partial charge in [-0.1, -0.05) is 91.9 Å². The zero-order valence-electron chi connectivity index (χ0n) is 22.3. The summed E-state index contributed by atoms with van der Waals surface area (Å²) in [5, 5.41) is 9.18. The van der Waals surface area contributed by atoms with Crippen molar-refractivity contribution in [3.05, 3.63) is 0 Å². The van der Waals surface area contributed by atoms with E-state index >= 15 is 0 Å². The Hall–Kier alpha value is -1.06. The topological polar surface area (TPSA) is 63.6 Å². The minimum atomic E-state index is -0.722. The second kappa shape index (κ2) is 18.3. The van der Waals surface area contributed by atoms with Crippen LogP contribution in [-0.4, -0.2) is 23.1 Å². The molecule has 1 aliphatic rings. The van der Waals surface area contributed by atoms with Crippen LogP contribution in [0.5, 0.6) is 0 Å². The number of carbonyl (C=O) groups excluding carboxylic acids is 1.